The van der Waals surface area contributed by atoms with Crippen molar-refractivity contribution in [2.45, 2.75) is 44.6 Å². The van der Waals surface area contributed by atoms with E-state index >= 15 is 0 Å². The van der Waals surface area contributed by atoms with Gasteiger partial charge in [0.2, 0.25) is 5.91 Å². The highest BCUT2D eigenvalue weighted by Crippen LogP contribution is 2.32. The summed E-state index contributed by atoms with van der Waals surface area (Å²) < 4.78 is 18.1. The molecular weight excluding hydrogens is 573 g/mol. The van der Waals surface area contributed by atoms with E-state index in [1.54, 1.807) is 29.0 Å². The number of carbonyl (C=O) groups excluding carboxylic acids is 1. The average molecular weight is 600 g/mol. The molecule has 0 atom stereocenters. The van der Waals surface area contributed by atoms with E-state index in [1.807, 2.05) is 42.6 Å². The van der Waals surface area contributed by atoms with Crippen molar-refractivity contribution in [3.8, 4) is 0 Å². The van der Waals surface area contributed by atoms with Crippen molar-refractivity contribution in [3.63, 3.8) is 0 Å². The van der Waals surface area contributed by atoms with E-state index < -0.39 is 5.82 Å². The molecule has 3 aromatic carbocycles. The number of benzene rings is 3. The quantitative estimate of drug-likeness (QED) is 0.217. The van der Waals surface area contributed by atoms with E-state index in [9.17, 15) is 14.0 Å². The molecule has 0 bridgehead atoms. The minimum atomic E-state index is -0.490. The smallest absolute Gasteiger partial charge is 0.282 e. The molecule has 9 heteroatoms. The Hall–Kier alpha value is -4.11. The van der Waals surface area contributed by atoms with E-state index in [2.05, 4.69) is 21.2 Å². The summed E-state index contributed by atoms with van der Waals surface area (Å²) in [4.78, 5) is 31.4. The van der Waals surface area contributed by atoms with Crippen molar-refractivity contribution in [1.29, 1.82) is 0 Å². The lowest BCUT2D eigenvalue weighted by Gasteiger charge is -2.22. The molecule has 0 aliphatic heterocycles. The fourth-order valence-corrected chi connectivity index (χ4v) is 5.80. The minimum absolute atomic E-state index is 0.0124. The van der Waals surface area contributed by atoms with Crippen LogP contribution in [0.25, 0.3) is 21.8 Å². The zero-order valence-corrected chi connectivity index (χ0v) is 23.3. The van der Waals surface area contributed by atoms with Crippen molar-refractivity contribution in [2.24, 2.45) is 5.10 Å². The molecule has 202 valence electrons. The number of amides is 1. The number of halogens is 2. The molecule has 1 aliphatic rings. The van der Waals surface area contributed by atoms with Gasteiger partial charge in [0.15, 0.2) is 0 Å². The fourth-order valence-electron chi connectivity index (χ4n) is 5.44. The van der Waals surface area contributed by atoms with Gasteiger partial charge in [-0.05, 0) is 49.2 Å². The van der Waals surface area contributed by atoms with Crippen LogP contribution in [0.3, 0.4) is 0 Å². The second-order valence-electron chi connectivity index (χ2n) is 10.1. The molecule has 0 saturated heterocycles. The van der Waals surface area contributed by atoms with Crippen LogP contribution in [0.5, 0.6) is 0 Å². The van der Waals surface area contributed by atoms with Crippen LogP contribution in [0.2, 0.25) is 0 Å². The zero-order chi connectivity index (χ0) is 27.6. The molecule has 1 saturated carbocycles. The molecular formula is C31H27BrFN5O2. The Bertz CT molecular complexity index is 1820. The predicted molar refractivity (Wildman–Crippen MR) is 159 cm³/mol. The van der Waals surface area contributed by atoms with Gasteiger partial charge in [0.1, 0.15) is 18.2 Å². The molecule has 0 unspecified atom stereocenters. The predicted octanol–water partition coefficient (Wildman–Crippen LogP) is 6.82. The van der Waals surface area contributed by atoms with Gasteiger partial charge in [0.05, 0.1) is 22.8 Å². The van der Waals surface area contributed by atoms with Gasteiger partial charge < -0.3 is 9.88 Å². The van der Waals surface area contributed by atoms with E-state index in [-0.39, 0.29) is 29.6 Å². The summed E-state index contributed by atoms with van der Waals surface area (Å²) in [6.45, 7) is -0.0124. The number of anilines is 1. The lowest BCUT2D eigenvalue weighted by atomic mass is 9.88. The summed E-state index contributed by atoms with van der Waals surface area (Å²) in [6, 6.07) is 19.3. The number of para-hydroxylation sites is 2. The Balaban J connectivity index is 1.38. The topological polar surface area (TPSA) is 81.3 Å². The van der Waals surface area contributed by atoms with Gasteiger partial charge in [0.25, 0.3) is 5.56 Å². The van der Waals surface area contributed by atoms with Crippen LogP contribution >= 0.6 is 15.9 Å². The first-order chi connectivity index (χ1) is 19.5. The maximum atomic E-state index is 14.1. The first-order valence-corrected chi connectivity index (χ1v) is 14.2. The van der Waals surface area contributed by atoms with E-state index in [0.29, 0.717) is 16.7 Å². The Morgan fingerprint density at radius 1 is 1.05 bits per heavy atom. The van der Waals surface area contributed by atoms with Gasteiger partial charge in [-0.2, -0.15) is 9.78 Å². The third kappa shape index (κ3) is 5.21. The second-order valence-corrected chi connectivity index (χ2v) is 11.0. The number of fused-ring (bicyclic) bond motifs is 2. The van der Waals surface area contributed by atoms with Gasteiger partial charge >= 0.3 is 0 Å². The van der Waals surface area contributed by atoms with Crippen molar-refractivity contribution in [3.05, 3.63) is 105 Å². The molecule has 0 spiro atoms. The van der Waals surface area contributed by atoms with Crippen molar-refractivity contribution >= 4 is 55.5 Å². The van der Waals surface area contributed by atoms with Crippen LogP contribution in [-0.2, 0) is 11.3 Å². The number of nitrogens with zero attached hydrogens (tertiary/aromatic N) is 4. The van der Waals surface area contributed by atoms with Gasteiger partial charge in [-0.1, -0.05) is 65.5 Å². The Morgan fingerprint density at radius 3 is 2.65 bits per heavy atom. The van der Waals surface area contributed by atoms with Crippen LogP contribution in [0.4, 0.5) is 10.1 Å². The largest absolute Gasteiger partial charge is 0.337 e. The molecule has 5 aromatic rings. The number of carbonyl (C=O) groups is 1. The van der Waals surface area contributed by atoms with Gasteiger partial charge in [-0.15, -0.1) is 0 Å². The van der Waals surface area contributed by atoms with Crippen LogP contribution in [0, 0.1) is 5.82 Å². The molecule has 2 heterocycles. The lowest BCUT2D eigenvalue weighted by Crippen LogP contribution is -2.25. The summed E-state index contributed by atoms with van der Waals surface area (Å²) in [7, 11) is 0. The minimum Gasteiger partial charge on any atom is -0.337 e. The van der Waals surface area contributed by atoms with Crippen molar-refractivity contribution in [2.75, 3.05) is 5.32 Å². The first-order valence-electron chi connectivity index (χ1n) is 13.4. The number of hydrogen-bond acceptors (Lipinski definition) is 4. The summed E-state index contributed by atoms with van der Waals surface area (Å²) in [5.74, 6) is 0.00423. The fraction of sp³-hybridized carbons (Fsp3) is 0.226. The normalized spacial score (nSPS) is 14.3. The van der Waals surface area contributed by atoms with Crippen molar-refractivity contribution < 1.29 is 9.18 Å². The maximum Gasteiger partial charge on any atom is 0.282 e. The molecule has 6 rings (SSSR count). The Kier molecular flexibility index (Phi) is 7.30. The number of rotatable bonds is 6. The Morgan fingerprint density at radius 2 is 1.82 bits per heavy atom. The van der Waals surface area contributed by atoms with Crippen LogP contribution in [0.15, 0.2) is 87.3 Å². The number of hydrogen-bond donors (Lipinski definition) is 1. The van der Waals surface area contributed by atoms with E-state index in [0.717, 1.165) is 46.6 Å². The molecule has 1 N–H and O–H groups in total. The van der Waals surface area contributed by atoms with Crippen LogP contribution < -0.4 is 10.9 Å². The first kappa shape index (κ1) is 26.1. The van der Waals surface area contributed by atoms with Gasteiger partial charge in [0, 0.05) is 33.1 Å². The molecule has 1 aliphatic carbocycles. The van der Waals surface area contributed by atoms with E-state index in [1.165, 1.54) is 23.2 Å². The standard InChI is InChI=1S/C31H27BrFN5O2/c32-22-14-15-26-24(16-22)31(40)38(30(36-26)20-8-2-1-3-9-20)34-17-21-18-37(28-13-7-4-10-23(21)28)19-29(39)35-27-12-6-5-11-25(27)33/h4-7,10-18,20H,1-3,8-9,19H2,(H,35,39). The highest BCUT2D eigenvalue weighted by atomic mass is 79.9. The SMILES string of the molecule is O=C(Cn1cc(C=Nn2c(C3CCCCC3)nc3ccc(Br)cc3c2=O)c2ccccc21)Nc1ccccc1F. The number of aromatic nitrogens is 3. The summed E-state index contributed by atoms with van der Waals surface area (Å²) in [5.41, 5.74) is 2.17. The summed E-state index contributed by atoms with van der Waals surface area (Å²) in [6.07, 6.45) is 8.82. The molecule has 1 fully saturated rings. The maximum absolute atomic E-state index is 14.1. The third-order valence-electron chi connectivity index (χ3n) is 7.40. The van der Waals surface area contributed by atoms with Gasteiger partial charge in [-0.3, -0.25) is 9.59 Å². The summed E-state index contributed by atoms with van der Waals surface area (Å²) in [5, 5.41) is 8.71. The highest BCUT2D eigenvalue weighted by molar-refractivity contribution is 9.10. The molecule has 7 nitrogen and oxygen atoms in total. The van der Waals surface area contributed by atoms with Crippen LogP contribution in [0.1, 0.15) is 49.4 Å². The summed E-state index contributed by atoms with van der Waals surface area (Å²) >= 11 is 3.47. The van der Waals surface area contributed by atoms with E-state index in [4.69, 9.17) is 10.1 Å². The van der Waals surface area contributed by atoms with Gasteiger partial charge in [-0.25, -0.2) is 9.37 Å². The highest BCUT2D eigenvalue weighted by Gasteiger charge is 2.22. The lowest BCUT2D eigenvalue weighted by molar-refractivity contribution is -0.116. The molecule has 40 heavy (non-hydrogen) atoms. The zero-order valence-electron chi connectivity index (χ0n) is 21.7. The second kappa shape index (κ2) is 11.2. The van der Waals surface area contributed by atoms with Crippen LogP contribution in [-0.4, -0.2) is 26.3 Å². The average Bonchev–Trinajstić information content (AvgIpc) is 3.31. The Labute approximate surface area is 238 Å². The number of nitrogens with one attached hydrogen (secondary N) is 1. The molecule has 2 aromatic heterocycles. The molecule has 1 amide bonds. The monoisotopic (exact) mass is 599 g/mol. The molecule has 0 radical (unpaired) electrons. The third-order valence-corrected chi connectivity index (χ3v) is 7.89. The van der Waals surface area contributed by atoms with Crippen molar-refractivity contribution in [1.82, 2.24) is 14.2 Å².